The molecular formula is C28H31N3O6. The van der Waals surface area contributed by atoms with Gasteiger partial charge in [-0.2, -0.15) is 0 Å². The second-order valence-corrected chi connectivity index (χ2v) is 9.72. The highest BCUT2D eigenvalue weighted by Gasteiger charge is 2.36. The molecule has 0 aliphatic carbocycles. The lowest BCUT2D eigenvalue weighted by atomic mass is 9.91. The summed E-state index contributed by atoms with van der Waals surface area (Å²) in [4.78, 5) is 2.00. The molecule has 9 heteroatoms. The van der Waals surface area contributed by atoms with Crippen LogP contribution in [0.1, 0.15) is 18.1 Å². The molecule has 0 saturated carbocycles. The fourth-order valence-electron chi connectivity index (χ4n) is 4.43. The van der Waals surface area contributed by atoms with Gasteiger partial charge in [-0.3, -0.25) is 4.68 Å². The van der Waals surface area contributed by atoms with Crippen molar-refractivity contribution in [1.82, 2.24) is 9.58 Å². The maximum absolute atomic E-state index is 10.2. The van der Waals surface area contributed by atoms with E-state index in [0.29, 0.717) is 16.5 Å². The van der Waals surface area contributed by atoms with Crippen molar-refractivity contribution in [3.8, 4) is 34.5 Å². The van der Waals surface area contributed by atoms with Crippen LogP contribution in [0, 0.1) is 0 Å². The molecule has 5 rings (SSSR count). The van der Waals surface area contributed by atoms with Crippen LogP contribution in [0.2, 0.25) is 0 Å². The first-order valence-electron chi connectivity index (χ1n) is 11.5. The number of nitrogens with zero attached hydrogens (tertiary/aromatic N) is 3. The van der Waals surface area contributed by atoms with Crippen molar-refractivity contribution in [2.75, 3.05) is 33.2 Å². The Morgan fingerprint density at radius 1 is 0.730 bits per heavy atom. The predicted octanol–water partition coefficient (Wildman–Crippen LogP) is 2.16. The number of benzene rings is 3. The molecular weight excluding hydrogens is 474 g/mol. The van der Waals surface area contributed by atoms with Gasteiger partial charge in [0.2, 0.25) is 0 Å². The zero-order valence-electron chi connectivity index (χ0n) is 21.3. The van der Waals surface area contributed by atoms with E-state index in [1.165, 1.54) is 36.4 Å². The molecule has 3 aromatic carbocycles. The number of fused-ring (bicyclic) bond motifs is 3. The highest BCUT2D eigenvalue weighted by Crippen LogP contribution is 2.37. The van der Waals surface area contributed by atoms with Crippen molar-refractivity contribution >= 4 is 23.1 Å². The van der Waals surface area contributed by atoms with Crippen LogP contribution in [0.25, 0.3) is 23.1 Å². The van der Waals surface area contributed by atoms with Crippen LogP contribution < -0.4 is 15.6 Å². The average molecular weight is 506 g/mol. The number of aromatic hydroxyl groups is 6. The summed E-state index contributed by atoms with van der Waals surface area (Å²) in [5.74, 6) is -1.45. The molecule has 4 aromatic rings. The maximum Gasteiger partial charge on any atom is 0.159 e. The zero-order valence-corrected chi connectivity index (χ0v) is 21.3. The molecule has 1 aliphatic heterocycles. The fraction of sp³-hybridized carbons (Fsp3) is 0.214. The fourth-order valence-corrected chi connectivity index (χ4v) is 4.43. The highest BCUT2D eigenvalue weighted by molar-refractivity contribution is 5.88. The third kappa shape index (κ3) is 4.45. The average Bonchev–Trinajstić information content (AvgIpc) is 3.24. The van der Waals surface area contributed by atoms with Crippen molar-refractivity contribution in [1.29, 1.82) is 0 Å². The molecule has 0 bridgehead atoms. The smallest absolute Gasteiger partial charge is 0.159 e. The summed E-state index contributed by atoms with van der Waals surface area (Å²) < 4.78 is 1.89. The Labute approximate surface area is 213 Å². The summed E-state index contributed by atoms with van der Waals surface area (Å²) >= 11 is 0. The molecule has 1 aromatic heterocycles. The monoisotopic (exact) mass is 505 g/mol. The number of rotatable bonds is 2. The lowest BCUT2D eigenvalue weighted by Crippen LogP contribution is -2.44. The van der Waals surface area contributed by atoms with E-state index in [-0.39, 0.29) is 34.5 Å². The molecule has 6 N–H and O–H groups in total. The van der Waals surface area contributed by atoms with Crippen molar-refractivity contribution < 1.29 is 30.6 Å². The maximum atomic E-state index is 10.2. The second kappa shape index (κ2) is 9.18. The van der Waals surface area contributed by atoms with Crippen LogP contribution in [0.5, 0.6) is 34.5 Å². The van der Waals surface area contributed by atoms with Crippen molar-refractivity contribution in [3.05, 3.63) is 70.2 Å². The van der Waals surface area contributed by atoms with Crippen LogP contribution in [-0.4, -0.2) is 68.4 Å². The van der Waals surface area contributed by atoms with Gasteiger partial charge in [0.1, 0.15) is 0 Å². The first-order chi connectivity index (χ1) is 17.3. The third-order valence-corrected chi connectivity index (χ3v) is 6.38. The van der Waals surface area contributed by atoms with E-state index in [1.54, 1.807) is 12.1 Å². The van der Waals surface area contributed by atoms with Crippen LogP contribution in [-0.2, 0) is 5.54 Å². The molecule has 1 unspecified atom stereocenters. The topological polar surface area (TPSA) is 133 Å². The molecule has 0 spiro atoms. The molecule has 0 saturated heterocycles. The lowest BCUT2D eigenvalue weighted by Gasteiger charge is -2.35. The van der Waals surface area contributed by atoms with E-state index in [1.807, 2.05) is 61.9 Å². The molecule has 1 aliphatic rings. The lowest BCUT2D eigenvalue weighted by molar-refractivity contribution is 0.401. The van der Waals surface area contributed by atoms with Crippen LogP contribution in [0.15, 0.2) is 48.5 Å². The molecule has 37 heavy (non-hydrogen) atoms. The van der Waals surface area contributed by atoms with Crippen molar-refractivity contribution in [3.63, 3.8) is 0 Å². The number of hydrogen-bond acceptors (Lipinski definition) is 8. The Morgan fingerprint density at radius 3 is 1.86 bits per heavy atom. The van der Waals surface area contributed by atoms with Gasteiger partial charge in [-0.25, -0.2) is 0 Å². The predicted molar refractivity (Wildman–Crippen MR) is 143 cm³/mol. The standard InChI is InChI=1S/C25H22N2O6.C3H9N/c1-25(14-4-6-20(29)22(31)9-14)12-18-15(7-13-3-5-19(28)21(30)8-13)16-10-23(32)24(33)11-17(16)27(18)26(25)2;1-4(2)3/h3-12,28-33H,1-2H3;1-3H3/b15-7-;. The molecule has 9 nitrogen and oxygen atoms in total. The minimum absolute atomic E-state index is 0.213. The van der Waals surface area contributed by atoms with E-state index < -0.39 is 5.54 Å². The quantitative estimate of drug-likeness (QED) is 0.229. The summed E-state index contributed by atoms with van der Waals surface area (Å²) in [5, 5.41) is 63.8. The van der Waals surface area contributed by atoms with E-state index in [2.05, 4.69) is 0 Å². The van der Waals surface area contributed by atoms with Gasteiger partial charge < -0.3 is 40.5 Å². The Kier molecular flexibility index (Phi) is 6.35. The molecule has 194 valence electrons. The van der Waals surface area contributed by atoms with E-state index in [0.717, 1.165) is 16.1 Å². The molecule has 1 atom stereocenters. The minimum Gasteiger partial charge on any atom is -0.504 e. The summed E-state index contributed by atoms with van der Waals surface area (Å²) in [6.07, 6.45) is 3.80. The molecule has 2 heterocycles. The van der Waals surface area contributed by atoms with Gasteiger partial charge in [-0.15, -0.1) is 0 Å². The molecule has 0 amide bonds. The Hall–Kier alpha value is -4.50. The van der Waals surface area contributed by atoms with Crippen molar-refractivity contribution in [2.24, 2.45) is 0 Å². The number of phenols is 6. The molecule has 0 radical (unpaired) electrons. The van der Waals surface area contributed by atoms with E-state index in [4.69, 9.17) is 0 Å². The van der Waals surface area contributed by atoms with Gasteiger partial charge in [-0.1, -0.05) is 12.1 Å². The largest absolute Gasteiger partial charge is 0.504 e. The summed E-state index contributed by atoms with van der Waals surface area (Å²) in [5.41, 5.74) is 1.27. The third-order valence-electron chi connectivity index (χ3n) is 6.38. The Balaban J connectivity index is 0.000000747. The minimum atomic E-state index is -0.720. The SMILES string of the molecule is CN(C)C.CN1n2c(/c(=C\c3ccc(O)c(O)c3)c3cc(O)c(O)cc32)=CC1(C)c1ccc(O)c(O)c1. The second-order valence-electron chi connectivity index (χ2n) is 9.72. The summed E-state index contributed by atoms with van der Waals surface area (Å²) in [6, 6.07) is 12.1. The first kappa shape index (κ1) is 25.6. The normalized spacial score (nSPS) is 17.0. The van der Waals surface area contributed by atoms with Gasteiger partial charge in [0, 0.05) is 23.7 Å². The summed E-state index contributed by atoms with van der Waals surface area (Å²) in [7, 11) is 7.86. The number of phenolic OH excluding ortho intramolecular Hbond substituents is 6. The van der Waals surface area contributed by atoms with Gasteiger partial charge >= 0.3 is 0 Å². The van der Waals surface area contributed by atoms with E-state index >= 15 is 0 Å². The van der Waals surface area contributed by atoms with Crippen LogP contribution >= 0.6 is 0 Å². The zero-order chi connectivity index (χ0) is 27.2. The highest BCUT2D eigenvalue weighted by atomic mass is 16.3. The Morgan fingerprint density at radius 2 is 1.27 bits per heavy atom. The van der Waals surface area contributed by atoms with Crippen LogP contribution in [0.4, 0.5) is 0 Å². The van der Waals surface area contributed by atoms with Crippen molar-refractivity contribution in [2.45, 2.75) is 12.5 Å². The number of hydrogen-bond donors (Lipinski definition) is 6. The van der Waals surface area contributed by atoms with E-state index in [9.17, 15) is 30.6 Å². The first-order valence-corrected chi connectivity index (χ1v) is 11.5. The van der Waals surface area contributed by atoms with Gasteiger partial charge in [0.25, 0.3) is 0 Å². The Bertz CT molecular complexity index is 1620. The van der Waals surface area contributed by atoms with Gasteiger partial charge in [0.05, 0.1) is 16.4 Å². The molecule has 0 fully saturated rings. The van der Waals surface area contributed by atoms with Crippen LogP contribution in [0.3, 0.4) is 0 Å². The number of aromatic nitrogens is 1. The van der Waals surface area contributed by atoms with Gasteiger partial charge in [0.15, 0.2) is 34.5 Å². The summed E-state index contributed by atoms with van der Waals surface area (Å²) in [6.45, 7) is 1.95. The van der Waals surface area contributed by atoms with Gasteiger partial charge in [-0.05, 0) is 81.7 Å².